The third-order valence-electron chi connectivity index (χ3n) is 3.28. The zero-order valence-corrected chi connectivity index (χ0v) is 14.4. The molecule has 0 bridgehead atoms. The summed E-state index contributed by atoms with van der Waals surface area (Å²) in [5, 5.41) is 18.2. The van der Waals surface area contributed by atoms with Gasteiger partial charge in [0.15, 0.2) is 0 Å². The lowest BCUT2D eigenvalue weighted by Gasteiger charge is -1.96. The number of unbranched alkanes of at least 4 members (excludes halogenated alkanes) is 4. The van der Waals surface area contributed by atoms with Crippen LogP contribution < -0.4 is 0 Å². The topological polar surface area (TPSA) is 57.5 Å². The number of carboxylic acid groups (broad SMARTS) is 1. The summed E-state index contributed by atoms with van der Waals surface area (Å²) >= 11 is 0. The highest BCUT2D eigenvalue weighted by Gasteiger charge is 1.93. The van der Waals surface area contributed by atoms with Crippen molar-refractivity contribution in [1.29, 1.82) is 0 Å². The van der Waals surface area contributed by atoms with Gasteiger partial charge in [0.25, 0.3) is 0 Å². The van der Waals surface area contributed by atoms with Crippen molar-refractivity contribution < 1.29 is 15.0 Å². The van der Waals surface area contributed by atoms with Gasteiger partial charge in [-0.05, 0) is 38.5 Å². The van der Waals surface area contributed by atoms with Gasteiger partial charge in [-0.3, -0.25) is 4.79 Å². The first-order chi connectivity index (χ1) is 11.2. The maximum absolute atomic E-state index is 10.3. The van der Waals surface area contributed by atoms with E-state index in [2.05, 4.69) is 19.1 Å². The van der Waals surface area contributed by atoms with E-state index in [1.165, 1.54) is 19.3 Å². The minimum atomic E-state index is -0.746. The van der Waals surface area contributed by atoms with Crippen LogP contribution in [0.2, 0.25) is 0 Å². The Morgan fingerprint density at radius 3 is 1.96 bits per heavy atom. The van der Waals surface area contributed by atoms with Gasteiger partial charge in [-0.1, -0.05) is 68.4 Å². The molecule has 0 aromatic carbocycles. The van der Waals surface area contributed by atoms with E-state index in [1.54, 1.807) is 12.2 Å². The smallest absolute Gasteiger partial charge is 0.303 e. The van der Waals surface area contributed by atoms with Crippen LogP contribution in [0.15, 0.2) is 48.6 Å². The van der Waals surface area contributed by atoms with Crippen LogP contribution in [-0.4, -0.2) is 22.3 Å². The molecule has 0 saturated carbocycles. The van der Waals surface area contributed by atoms with Crippen molar-refractivity contribution in [2.24, 2.45) is 0 Å². The number of aliphatic carboxylic acids is 1. The van der Waals surface area contributed by atoms with E-state index in [0.717, 1.165) is 25.7 Å². The monoisotopic (exact) mass is 320 g/mol. The minimum Gasteiger partial charge on any atom is -0.481 e. The number of allylic oxidation sites excluding steroid dienone is 6. The Morgan fingerprint density at radius 2 is 1.43 bits per heavy atom. The van der Waals surface area contributed by atoms with E-state index in [4.69, 9.17) is 5.11 Å². The van der Waals surface area contributed by atoms with Crippen molar-refractivity contribution in [2.75, 3.05) is 0 Å². The molecule has 0 saturated heterocycles. The highest BCUT2D eigenvalue weighted by atomic mass is 16.4. The molecule has 0 radical (unpaired) electrons. The summed E-state index contributed by atoms with van der Waals surface area (Å²) < 4.78 is 0. The highest BCUT2D eigenvalue weighted by molar-refractivity contribution is 5.66. The Labute approximate surface area is 141 Å². The van der Waals surface area contributed by atoms with Crippen molar-refractivity contribution in [2.45, 2.75) is 70.8 Å². The lowest BCUT2D eigenvalue weighted by atomic mass is 10.2. The van der Waals surface area contributed by atoms with Crippen LogP contribution in [0.3, 0.4) is 0 Å². The number of hydrogen-bond acceptors (Lipinski definition) is 2. The molecular formula is C20H32O3. The van der Waals surface area contributed by atoms with E-state index in [-0.39, 0.29) is 6.42 Å². The first-order valence-corrected chi connectivity index (χ1v) is 8.70. The Bertz CT molecular complexity index is 392. The third-order valence-corrected chi connectivity index (χ3v) is 3.28. The molecule has 0 amide bonds. The molecule has 0 rings (SSSR count). The van der Waals surface area contributed by atoms with Crippen LogP contribution in [0, 0.1) is 0 Å². The Kier molecular flexibility index (Phi) is 15.6. The van der Waals surface area contributed by atoms with Gasteiger partial charge in [0.05, 0.1) is 6.10 Å². The van der Waals surface area contributed by atoms with Gasteiger partial charge in [0.2, 0.25) is 0 Å². The fourth-order valence-electron chi connectivity index (χ4n) is 1.97. The van der Waals surface area contributed by atoms with E-state index in [1.807, 2.05) is 24.3 Å². The zero-order valence-electron chi connectivity index (χ0n) is 14.4. The van der Waals surface area contributed by atoms with Crippen molar-refractivity contribution in [3.05, 3.63) is 48.6 Å². The van der Waals surface area contributed by atoms with Crippen LogP contribution in [0.25, 0.3) is 0 Å². The highest BCUT2D eigenvalue weighted by Crippen LogP contribution is 2.01. The van der Waals surface area contributed by atoms with Gasteiger partial charge < -0.3 is 10.2 Å². The largest absolute Gasteiger partial charge is 0.481 e. The molecule has 3 nitrogen and oxygen atoms in total. The van der Waals surface area contributed by atoms with Crippen molar-refractivity contribution in [1.82, 2.24) is 0 Å². The van der Waals surface area contributed by atoms with Crippen molar-refractivity contribution in [3.63, 3.8) is 0 Å². The maximum Gasteiger partial charge on any atom is 0.303 e. The van der Waals surface area contributed by atoms with Gasteiger partial charge in [0.1, 0.15) is 0 Å². The normalized spacial score (nSPS) is 13.8. The molecule has 0 aliphatic carbocycles. The summed E-state index contributed by atoms with van der Waals surface area (Å²) in [4.78, 5) is 10.3. The van der Waals surface area contributed by atoms with Crippen LogP contribution in [0.5, 0.6) is 0 Å². The fourth-order valence-corrected chi connectivity index (χ4v) is 1.97. The molecule has 2 N–H and O–H groups in total. The molecule has 1 atom stereocenters. The number of rotatable bonds is 14. The summed E-state index contributed by atoms with van der Waals surface area (Å²) in [5.74, 6) is -0.746. The molecule has 0 aromatic heterocycles. The minimum absolute atomic E-state index is 0.219. The second-order valence-electron chi connectivity index (χ2n) is 5.54. The van der Waals surface area contributed by atoms with Gasteiger partial charge in [0, 0.05) is 6.42 Å². The summed E-state index contributed by atoms with van der Waals surface area (Å²) in [6.45, 7) is 2.20. The van der Waals surface area contributed by atoms with Gasteiger partial charge in [-0.25, -0.2) is 0 Å². The summed E-state index contributed by atoms with van der Waals surface area (Å²) in [7, 11) is 0. The van der Waals surface area contributed by atoms with E-state index in [0.29, 0.717) is 6.42 Å². The Balaban J connectivity index is 3.63. The zero-order chi connectivity index (χ0) is 17.2. The van der Waals surface area contributed by atoms with Gasteiger partial charge >= 0.3 is 5.97 Å². The van der Waals surface area contributed by atoms with E-state index >= 15 is 0 Å². The average Bonchev–Trinajstić information content (AvgIpc) is 2.52. The lowest BCUT2D eigenvalue weighted by Crippen LogP contribution is -1.95. The second-order valence-corrected chi connectivity index (χ2v) is 5.54. The molecule has 130 valence electrons. The standard InChI is InChI=1S/C20H32O3/c1-2-3-4-5-6-7-10-13-16-19(21)17-14-11-8-9-12-15-18-20(22)23/h6-9,13-14,16-17,19,21H,2-5,10-12,15,18H2,1H3,(H,22,23)/b7-6+,9-8+,16-13+,17-14+/t19-/m1/s1. The number of carboxylic acids is 1. The first-order valence-electron chi connectivity index (χ1n) is 8.70. The quantitative estimate of drug-likeness (QED) is 0.342. The predicted octanol–water partition coefficient (Wildman–Crippen LogP) is 5.19. The molecule has 0 aliphatic heterocycles. The third kappa shape index (κ3) is 18.3. The molecule has 0 fully saturated rings. The van der Waals surface area contributed by atoms with Crippen LogP contribution in [0.4, 0.5) is 0 Å². The molecule has 0 aromatic rings. The van der Waals surface area contributed by atoms with E-state index < -0.39 is 12.1 Å². The fraction of sp³-hybridized carbons (Fsp3) is 0.550. The summed E-state index contributed by atoms with van der Waals surface area (Å²) in [5.41, 5.74) is 0. The molecular weight excluding hydrogens is 288 g/mol. The number of hydrogen-bond donors (Lipinski definition) is 2. The first kappa shape index (κ1) is 21.4. The Morgan fingerprint density at radius 1 is 0.870 bits per heavy atom. The SMILES string of the molecule is CCCCC/C=C/C/C=C/[C@@H](O)/C=C/C/C=C/CCCC(=O)O. The second kappa shape index (κ2) is 16.8. The lowest BCUT2D eigenvalue weighted by molar-refractivity contribution is -0.137. The summed E-state index contributed by atoms with van der Waals surface area (Å²) in [6, 6.07) is 0. The molecule has 0 heterocycles. The van der Waals surface area contributed by atoms with Crippen LogP contribution in [-0.2, 0) is 4.79 Å². The molecule has 3 heteroatoms. The number of aliphatic hydroxyl groups excluding tert-OH is 1. The van der Waals surface area contributed by atoms with E-state index in [9.17, 15) is 9.90 Å². The molecule has 23 heavy (non-hydrogen) atoms. The van der Waals surface area contributed by atoms with Crippen LogP contribution in [0.1, 0.15) is 64.7 Å². The van der Waals surface area contributed by atoms with Crippen LogP contribution >= 0.6 is 0 Å². The molecule has 0 spiro atoms. The number of aliphatic hydroxyl groups is 1. The van der Waals surface area contributed by atoms with Gasteiger partial charge in [-0.15, -0.1) is 0 Å². The van der Waals surface area contributed by atoms with Crippen molar-refractivity contribution in [3.8, 4) is 0 Å². The van der Waals surface area contributed by atoms with Crippen molar-refractivity contribution >= 4 is 5.97 Å². The Hall–Kier alpha value is -1.61. The molecule has 0 aliphatic rings. The average molecular weight is 320 g/mol. The number of carbonyl (C=O) groups is 1. The predicted molar refractivity (Wildman–Crippen MR) is 97.4 cm³/mol. The summed E-state index contributed by atoms with van der Waals surface area (Å²) in [6.07, 6.45) is 23.5. The maximum atomic E-state index is 10.3. The molecule has 0 unspecified atom stereocenters. The van der Waals surface area contributed by atoms with Gasteiger partial charge in [-0.2, -0.15) is 0 Å².